The molecule has 0 aromatic heterocycles. The van der Waals surface area contributed by atoms with E-state index in [1.807, 2.05) is 22.6 Å². The van der Waals surface area contributed by atoms with Crippen LogP contribution >= 0.6 is 50.1 Å². The van der Waals surface area contributed by atoms with Crippen molar-refractivity contribution in [3.05, 3.63) is 55.0 Å². The predicted octanol–water partition coefficient (Wildman–Crippen LogP) is 4.67. The van der Waals surface area contributed by atoms with Crippen LogP contribution in [-0.4, -0.2) is 11.0 Å². The summed E-state index contributed by atoms with van der Waals surface area (Å²) in [6, 6.07) is 9.88. The highest BCUT2D eigenvalue weighted by Gasteiger charge is 2.10. The Morgan fingerprint density at radius 1 is 1.26 bits per heavy atom. The Balaban J connectivity index is 2.25. The van der Waals surface area contributed by atoms with Crippen molar-refractivity contribution in [3.8, 4) is 5.75 Å². The number of carbonyl (C=O) groups is 1. The number of aromatic hydroxyl groups is 1. The van der Waals surface area contributed by atoms with Crippen molar-refractivity contribution in [2.24, 2.45) is 0 Å². The standard InChI is InChI=1S/C13H8BrClINO2/c14-9-3-2-8(15)6-11(9)17-13(19)7-1-4-10(16)12(18)5-7/h1-6,18H,(H,17,19). The van der Waals surface area contributed by atoms with E-state index in [0.717, 1.165) is 4.47 Å². The average Bonchev–Trinajstić information content (AvgIpc) is 2.37. The molecule has 0 unspecified atom stereocenters. The third-order valence-electron chi connectivity index (χ3n) is 2.38. The second kappa shape index (κ2) is 6.11. The van der Waals surface area contributed by atoms with Crippen LogP contribution in [0.3, 0.4) is 0 Å². The molecule has 2 aromatic carbocycles. The molecule has 2 N–H and O–H groups in total. The van der Waals surface area contributed by atoms with Gasteiger partial charge in [-0.1, -0.05) is 11.6 Å². The van der Waals surface area contributed by atoms with Crippen molar-refractivity contribution in [2.45, 2.75) is 0 Å². The number of phenolic OH excluding ortho intramolecular Hbond substituents is 1. The van der Waals surface area contributed by atoms with E-state index in [2.05, 4.69) is 21.2 Å². The molecule has 19 heavy (non-hydrogen) atoms. The fraction of sp³-hybridized carbons (Fsp3) is 0. The van der Waals surface area contributed by atoms with Crippen LogP contribution in [-0.2, 0) is 0 Å². The van der Waals surface area contributed by atoms with E-state index >= 15 is 0 Å². The van der Waals surface area contributed by atoms with Crippen molar-refractivity contribution in [1.29, 1.82) is 0 Å². The van der Waals surface area contributed by atoms with Gasteiger partial charge in [-0.15, -0.1) is 0 Å². The molecule has 1 amide bonds. The summed E-state index contributed by atoms with van der Waals surface area (Å²) in [5, 5.41) is 12.9. The highest BCUT2D eigenvalue weighted by Crippen LogP contribution is 2.27. The van der Waals surface area contributed by atoms with Crippen molar-refractivity contribution < 1.29 is 9.90 Å². The Morgan fingerprint density at radius 3 is 2.68 bits per heavy atom. The molecule has 0 fully saturated rings. The van der Waals surface area contributed by atoms with Crippen LogP contribution in [0.5, 0.6) is 5.75 Å². The summed E-state index contributed by atoms with van der Waals surface area (Å²) in [4.78, 5) is 12.1. The Bertz CT molecular complexity index is 649. The number of phenols is 1. The van der Waals surface area contributed by atoms with Gasteiger partial charge in [0.15, 0.2) is 0 Å². The van der Waals surface area contributed by atoms with Crippen LogP contribution in [0.4, 0.5) is 5.69 Å². The number of hydrogen-bond donors (Lipinski definition) is 2. The van der Waals surface area contributed by atoms with Gasteiger partial charge < -0.3 is 10.4 Å². The fourth-order valence-corrected chi connectivity index (χ4v) is 2.30. The fourth-order valence-electron chi connectivity index (χ4n) is 1.44. The minimum atomic E-state index is -0.310. The zero-order chi connectivity index (χ0) is 14.0. The van der Waals surface area contributed by atoms with Crippen LogP contribution in [0, 0.1) is 3.57 Å². The monoisotopic (exact) mass is 451 g/mol. The molecule has 0 aliphatic heterocycles. The number of amides is 1. The first-order valence-corrected chi connectivity index (χ1v) is 7.47. The first-order chi connectivity index (χ1) is 8.97. The van der Waals surface area contributed by atoms with Gasteiger partial charge in [-0.05, 0) is 74.9 Å². The normalized spacial score (nSPS) is 10.3. The zero-order valence-electron chi connectivity index (χ0n) is 9.45. The van der Waals surface area contributed by atoms with E-state index < -0.39 is 0 Å². The minimum absolute atomic E-state index is 0.0819. The summed E-state index contributed by atoms with van der Waals surface area (Å²) in [5.41, 5.74) is 0.959. The number of carbonyl (C=O) groups excluding carboxylic acids is 1. The summed E-state index contributed by atoms with van der Waals surface area (Å²) < 4.78 is 1.43. The number of nitrogens with one attached hydrogen (secondary N) is 1. The van der Waals surface area contributed by atoms with E-state index in [1.165, 1.54) is 6.07 Å². The van der Waals surface area contributed by atoms with E-state index in [4.69, 9.17) is 11.6 Å². The predicted molar refractivity (Wildman–Crippen MR) is 87.9 cm³/mol. The number of anilines is 1. The van der Waals surface area contributed by atoms with E-state index in [-0.39, 0.29) is 11.7 Å². The van der Waals surface area contributed by atoms with Gasteiger partial charge in [-0.2, -0.15) is 0 Å². The van der Waals surface area contributed by atoms with Gasteiger partial charge in [0.1, 0.15) is 5.75 Å². The highest BCUT2D eigenvalue weighted by molar-refractivity contribution is 14.1. The van der Waals surface area contributed by atoms with Crippen molar-refractivity contribution >= 4 is 61.7 Å². The molecule has 0 radical (unpaired) electrons. The molecule has 0 saturated carbocycles. The second-order valence-electron chi connectivity index (χ2n) is 3.74. The van der Waals surface area contributed by atoms with Gasteiger partial charge in [-0.25, -0.2) is 0 Å². The average molecular weight is 452 g/mol. The van der Waals surface area contributed by atoms with Gasteiger partial charge in [0.2, 0.25) is 0 Å². The van der Waals surface area contributed by atoms with Gasteiger partial charge >= 0.3 is 0 Å². The largest absolute Gasteiger partial charge is 0.507 e. The summed E-state index contributed by atoms with van der Waals surface area (Å²) in [6.07, 6.45) is 0. The quantitative estimate of drug-likeness (QED) is 0.651. The highest BCUT2D eigenvalue weighted by atomic mass is 127. The van der Waals surface area contributed by atoms with Crippen LogP contribution < -0.4 is 5.32 Å². The molecule has 98 valence electrons. The lowest BCUT2D eigenvalue weighted by molar-refractivity contribution is 0.102. The van der Waals surface area contributed by atoms with Crippen LogP contribution in [0.1, 0.15) is 10.4 Å². The van der Waals surface area contributed by atoms with Crippen molar-refractivity contribution in [3.63, 3.8) is 0 Å². The molecule has 0 atom stereocenters. The van der Waals surface area contributed by atoms with Crippen molar-refractivity contribution in [2.75, 3.05) is 5.32 Å². The number of benzene rings is 2. The van der Waals surface area contributed by atoms with Gasteiger partial charge in [0.25, 0.3) is 5.91 Å². The molecular formula is C13H8BrClINO2. The molecule has 0 heterocycles. The molecule has 0 aliphatic rings. The molecule has 2 rings (SSSR count). The number of hydrogen-bond acceptors (Lipinski definition) is 2. The molecule has 0 saturated heterocycles. The summed E-state index contributed by atoms with van der Waals surface area (Å²) in [6.45, 7) is 0. The van der Waals surface area contributed by atoms with Gasteiger partial charge in [0, 0.05) is 15.1 Å². The van der Waals surface area contributed by atoms with Crippen LogP contribution in [0.25, 0.3) is 0 Å². The third-order valence-corrected chi connectivity index (χ3v) is 4.22. The SMILES string of the molecule is O=C(Nc1cc(Cl)ccc1Br)c1ccc(I)c(O)c1. The van der Waals surface area contributed by atoms with Crippen LogP contribution in [0.2, 0.25) is 5.02 Å². The summed E-state index contributed by atoms with van der Waals surface area (Å²) in [5.74, 6) is -0.229. The van der Waals surface area contributed by atoms with Crippen LogP contribution in [0.15, 0.2) is 40.9 Å². The van der Waals surface area contributed by atoms with Gasteiger partial charge in [-0.3, -0.25) is 4.79 Å². The van der Waals surface area contributed by atoms with E-state index in [1.54, 1.807) is 30.3 Å². The Labute approximate surface area is 137 Å². The van der Waals surface area contributed by atoms with Crippen molar-refractivity contribution in [1.82, 2.24) is 0 Å². The maximum absolute atomic E-state index is 12.1. The molecule has 0 spiro atoms. The lowest BCUT2D eigenvalue weighted by atomic mass is 10.2. The molecule has 0 bridgehead atoms. The van der Waals surface area contributed by atoms with E-state index in [0.29, 0.717) is 19.8 Å². The Hall–Kier alpha value is -0.790. The second-order valence-corrected chi connectivity index (χ2v) is 6.20. The third kappa shape index (κ3) is 3.61. The summed E-state index contributed by atoms with van der Waals surface area (Å²) >= 11 is 11.2. The zero-order valence-corrected chi connectivity index (χ0v) is 14.0. The first-order valence-electron chi connectivity index (χ1n) is 5.22. The number of rotatable bonds is 2. The molecule has 6 heteroatoms. The minimum Gasteiger partial charge on any atom is -0.507 e. The summed E-state index contributed by atoms with van der Waals surface area (Å²) in [7, 11) is 0. The lowest BCUT2D eigenvalue weighted by Gasteiger charge is -2.08. The van der Waals surface area contributed by atoms with Gasteiger partial charge in [0.05, 0.1) is 9.26 Å². The lowest BCUT2D eigenvalue weighted by Crippen LogP contribution is -2.12. The maximum Gasteiger partial charge on any atom is 0.255 e. The smallest absolute Gasteiger partial charge is 0.255 e. The Morgan fingerprint density at radius 2 is 2.00 bits per heavy atom. The molecular weight excluding hydrogens is 444 g/mol. The Kier molecular flexibility index (Phi) is 4.70. The first kappa shape index (κ1) is 14.6. The molecule has 2 aromatic rings. The molecule has 3 nitrogen and oxygen atoms in total. The number of halogens is 3. The molecule has 0 aliphatic carbocycles. The topological polar surface area (TPSA) is 49.3 Å². The maximum atomic E-state index is 12.1. The van der Waals surface area contributed by atoms with E-state index in [9.17, 15) is 9.90 Å².